The topological polar surface area (TPSA) is 43.4 Å². The van der Waals surface area contributed by atoms with Crippen LogP contribution < -0.4 is 0 Å². The molecule has 0 aromatic heterocycles. The van der Waals surface area contributed by atoms with Gasteiger partial charge in [-0.2, -0.15) is 0 Å². The molecule has 3 nitrogen and oxygen atoms in total. The summed E-state index contributed by atoms with van der Waals surface area (Å²) in [4.78, 5) is 24.8. The third kappa shape index (κ3) is 2.74. The molecule has 3 heteroatoms. The summed E-state index contributed by atoms with van der Waals surface area (Å²) in [6.45, 7) is 7.29. The minimum atomic E-state index is -0.211. The van der Waals surface area contributed by atoms with Gasteiger partial charge in [0.25, 0.3) is 0 Å². The molecule has 0 heterocycles. The fourth-order valence-electron chi connectivity index (χ4n) is 6.50. The van der Waals surface area contributed by atoms with Crippen LogP contribution >= 0.6 is 0 Å². The number of rotatable bonds is 1. The minimum Gasteiger partial charge on any atom is -0.469 e. The lowest BCUT2D eigenvalue weighted by molar-refractivity contribution is -0.147. The highest BCUT2D eigenvalue weighted by molar-refractivity contribution is 5.87. The molecule has 3 aliphatic carbocycles. The van der Waals surface area contributed by atoms with E-state index in [-0.39, 0.29) is 23.2 Å². The second kappa shape index (κ2) is 5.89. The zero-order chi connectivity index (χ0) is 16.8. The monoisotopic (exact) mass is 320 g/mol. The molecule has 0 spiro atoms. The van der Waals surface area contributed by atoms with Crippen LogP contribution in [0.15, 0.2) is 0 Å². The van der Waals surface area contributed by atoms with E-state index in [9.17, 15) is 9.59 Å². The van der Waals surface area contributed by atoms with Crippen molar-refractivity contribution in [1.82, 2.24) is 0 Å². The molecular formula is C20H32O3. The molecule has 0 bridgehead atoms. The van der Waals surface area contributed by atoms with Crippen LogP contribution in [0.5, 0.6) is 0 Å². The van der Waals surface area contributed by atoms with Gasteiger partial charge in [-0.15, -0.1) is 0 Å². The Labute approximate surface area is 140 Å². The van der Waals surface area contributed by atoms with E-state index in [1.165, 1.54) is 32.8 Å². The molecule has 130 valence electrons. The van der Waals surface area contributed by atoms with E-state index in [1.54, 1.807) is 0 Å². The lowest BCUT2D eigenvalue weighted by Gasteiger charge is -2.59. The summed E-state index contributed by atoms with van der Waals surface area (Å²) in [5.74, 6) is 1.28. The first-order chi connectivity index (χ1) is 10.8. The Morgan fingerprint density at radius 2 is 1.83 bits per heavy atom. The maximum absolute atomic E-state index is 12.8. The summed E-state index contributed by atoms with van der Waals surface area (Å²) in [5.41, 5.74) is 0.653. The predicted molar refractivity (Wildman–Crippen MR) is 89.8 cm³/mol. The number of fused-ring (bicyclic) bond motifs is 3. The van der Waals surface area contributed by atoms with E-state index in [1.807, 2.05) is 0 Å². The molecule has 0 aromatic carbocycles. The number of carbonyl (C=O) groups is 2. The third-order valence-corrected chi connectivity index (χ3v) is 7.60. The van der Waals surface area contributed by atoms with Crippen molar-refractivity contribution in [2.75, 3.05) is 7.11 Å². The van der Waals surface area contributed by atoms with E-state index >= 15 is 0 Å². The number of hydrogen-bond donors (Lipinski definition) is 0. The van der Waals surface area contributed by atoms with Crippen LogP contribution in [0.25, 0.3) is 0 Å². The van der Waals surface area contributed by atoms with Crippen molar-refractivity contribution >= 4 is 11.8 Å². The Morgan fingerprint density at radius 3 is 2.52 bits per heavy atom. The molecule has 0 N–H and O–H groups in total. The van der Waals surface area contributed by atoms with Crippen molar-refractivity contribution in [3.63, 3.8) is 0 Å². The Kier molecular flexibility index (Phi) is 4.35. The summed E-state index contributed by atoms with van der Waals surface area (Å²) in [6, 6.07) is 0. The molecule has 3 saturated carbocycles. The van der Waals surface area contributed by atoms with Gasteiger partial charge in [-0.1, -0.05) is 27.2 Å². The SMILES string of the molecule is COC(=O)[C@@H]1CC[C@H]2C(CC[C@H]3C(C)(C)CCC[C@]23C)C(=O)C1. The fraction of sp³-hybridized carbons (Fsp3) is 0.900. The van der Waals surface area contributed by atoms with Crippen LogP contribution in [0, 0.1) is 34.5 Å². The van der Waals surface area contributed by atoms with Gasteiger partial charge in [-0.05, 0) is 61.2 Å². The second-order valence-electron chi connectivity index (χ2n) is 9.16. The highest BCUT2D eigenvalue weighted by Crippen LogP contribution is 2.63. The van der Waals surface area contributed by atoms with Crippen molar-refractivity contribution < 1.29 is 14.3 Å². The molecule has 3 aliphatic rings. The predicted octanol–water partition coefficient (Wildman–Crippen LogP) is 4.39. The van der Waals surface area contributed by atoms with E-state index in [0.717, 1.165) is 19.3 Å². The quantitative estimate of drug-likeness (QED) is 0.673. The van der Waals surface area contributed by atoms with Gasteiger partial charge in [0.2, 0.25) is 0 Å². The van der Waals surface area contributed by atoms with Crippen molar-refractivity contribution in [2.24, 2.45) is 34.5 Å². The second-order valence-corrected chi connectivity index (χ2v) is 9.16. The average molecular weight is 320 g/mol. The Morgan fingerprint density at radius 1 is 1.09 bits per heavy atom. The lowest BCUT2D eigenvalue weighted by Crippen LogP contribution is -2.52. The van der Waals surface area contributed by atoms with Gasteiger partial charge < -0.3 is 4.74 Å². The number of hydrogen-bond acceptors (Lipinski definition) is 3. The normalized spacial score (nSPS) is 43.0. The first kappa shape index (κ1) is 17.0. The van der Waals surface area contributed by atoms with Crippen molar-refractivity contribution in [3.05, 3.63) is 0 Å². The maximum Gasteiger partial charge on any atom is 0.309 e. The van der Waals surface area contributed by atoms with E-state index in [2.05, 4.69) is 20.8 Å². The van der Waals surface area contributed by atoms with Gasteiger partial charge in [0.15, 0.2) is 0 Å². The molecule has 3 fully saturated rings. The van der Waals surface area contributed by atoms with Gasteiger partial charge in [0.05, 0.1) is 13.0 Å². The van der Waals surface area contributed by atoms with Gasteiger partial charge in [-0.3, -0.25) is 9.59 Å². The highest BCUT2D eigenvalue weighted by atomic mass is 16.5. The molecule has 0 radical (unpaired) electrons. The largest absolute Gasteiger partial charge is 0.469 e. The van der Waals surface area contributed by atoms with Crippen LogP contribution in [-0.2, 0) is 14.3 Å². The summed E-state index contributed by atoms with van der Waals surface area (Å²) in [6.07, 6.45) is 8.28. The molecule has 0 amide bonds. The molecule has 5 atom stereocenters. The Bertz CT molecular complexity index is 495. The smallest absolute Gasteiger partial charge is 0.309 e. The Hall–Kier alpha value is -0.860. The van der Waals surface area contributed by atoms with Crippen LogP contribution in [0.2, 0.25) is 0 Å². The summed E-state index contributed by atoms with van der Waals surface area (Å²) in [7, 11) is 1.44. The van der Waals surface area contributed by atoms with E-state index < -0.39 is 0 Å². The van der Waals surface area contributed by atoms with Crippen molar-refractivity contribution in [1.29, 1.82) is 0 Å². The van der Waals surface area contributed by atoms with E-state index in [0.29, 0.717) is 29.5 Å². The lowest BCUT2D eigenvalue weighted by atomic mass is 9.46. The molecule has 1 unspecified atom stereocenters. The molecule has 3 rings (SSSR count). The van der Waals surface area contributed by atoms with Gasteiger partial charge in [0.1, 0.15) is 5.78 Å². The fourth-order valence-corrected chi connectivity index (χ4v) is 6.50. The van der Waals surface area contributed by atoms with Crippen LogP contribution in [0.3, 0.4) is 0 Å². The number of methoxy groups -OCH3 is 1. The zero-order valence-electron chi connectivity index (χ0n) is 15.2. The van der Waals surface area contributed by atoms with Crippen molar-refractivity contribution in [2.45, 2.75) is 72.1 Å². The van der Waals surface area contributed by atoms with Gasteiger partial charge in [-0.25, -0.2) is 0 Å². The minimum absolute atomic E-state index is 0.180. The highest BCUT2D eigenvalue weighted by Gasteiger charge is 2.56. The summed E-state index contributed by atoms with van der Waals surface area (Å²) >= 11 is 0. The summed E-state index contributed by atoms with van der Waals surface area (Å²) in [5, 5.41) is 0. The van der Waals surface area contributed by atoms with Crippen LogP contribution in [0.4, 0.5) is 0 Å². The van der Waals surface area contributed by atoms with Gasteiger partial charge in [0, 0.05) is 12.3 Å². The molecule has 0 saturated heterocycles. The van der Waals surface area contributed by atoms with E-state index in [4.69, 9.17) is 4.74 Å². The number of Topliss-reactive ketones (excluding diaryl/α,β-unsaturated/α-hetero) is 1. The average Bonchev–Trinajstić information content (AvgIpc) is 2.66. The molecule has 23 heavy (non-hydrogen) atoms. The third-order valence-electron chi connectivity index (χ3n) is 7.60. The first-order valence-electron chi connectivity index (χ1n) is 9.40. The van der Waals surface area contributed by atoms with Crippen LogP contribution in [0.1, 0.15) is 72.1 Å². The number of ketones is 1. The van der Waals surface area contributed by atoms with Gasteiger partial charge >= 0.3 is 5.97 Å². The molecule has 0 aromatic rings. The first-order valence-corrected chi connectivity index (χ1v) is 9.40. The number of carbonyl (C=O) groups excluding carboxylic acids is 2. The van der Waals surface area contributed by atoms with Crippen LogP contribution in [-0.4, -0.2) is 18.9 Å². The zero-order valence-corrected chi connectivity index (χ0v) is 15.2. The standard InChI is InChI=1S/C20H32O3/c1-19(2)10-5-11-20(3)15-8-6-13(18(22)23-4)12-16(21)14(15)7-9-17(19)20/h13-15,17H,5-12H2,1-4H3/t13-,14?,15+,17+,20-/m1/s1. The number of esters is 1. The molecular weight excluding hydrogens is 288 g/mol. The number of ether oxygens (including phenoxy) is 1. The van der Waals surface area contributed by atoms with Crippen molar-refractivity contribution in [3.8, 4) is 0 Å². The Balaban J connectivity index is 1.88. The maximum atomic E-state index is 12.8. The summed E-state index contributed by atoms with van der Waals surface area (Å²) < 4.78 is 4.92. The molecule has 0 aliphatic heterocycles.